The fourth-order valence-electron chi connectivity index (χ4n) is 3.08. The highest BCUT2D eigenvalue weighted by Crippen LogP contribution is 2.15. The summed E-state index contributed by atoms with van der Waals surface area (Å²) in [5.41, 5.74) is 1.15. The second-order valence-electron chi connectivity index (χ2n) is 6.16. The van der Waals surface area contributed by atoms with Crippen molar-refractivity contribution in [2.24, 2.45) is 0 Å². The maximum Gasteiger partial charge on any atom is 0.242 e. The standard InChI is InChI=1S/C17H20ClN3O3/c18-14-3-1-2-13(10-14)11-19-6-8-20(9-7-19)17(24)12-21-15(22)4-5-16(21)23/h1-3,10H,4-9,11-12H2. The molecular weight excluding hydrogens is 330 g/mol. The number of rotatable bonds is 4. The van der Waals surface area contributed by atoms with Gasteiger partial charge in [0.15, 0.2) is 0 Å². The van der Waals surface area contributed by atoms with Crippen molar-refractivity contribution < 1.29 is 14.4 Å². The Bertz CT molecular complexity index is 640. The third-order valence-corrected chi connectivity index (χ3v) is 4.70. The van der Waals surface area contributed by atoms with Crippen molar-refractivity contribution in [3.63, 3.8) is 0 Å². The number of hydrogen-bond donors (Lipinski definition) is 0. The third kappa shape index (κ3) is 3.94. The van der Waals surface area contributed by atoms with Crippen molar-refractivity contribution in [2.75, 3.05) is 32.7 Å². The fourth-order valence-corrected chi connectivity index (χ4v) is 3.30. The molecule has 24 heavy (non-hydrogen) atoms. The highest BCUT2D eigenvalue weighted by molar-refractivity contribution is 6.30. The molecule has 2 heterocycles. The predicted octanol–water partition coefficient (Wildman–Crippen LogP) is 1.13. The molecule has 0 aliphatic carbocycles. The van der Waals surface area contributed by atoms with Gasteiger partial charge in [-0.15, -0.1) is 0 Å². The zero-order valence-electron chi connectivity index (χ0n) is 13.4. The summed E-state index contributed by atoms with van der Waals surface area (Å²) in [5, 5.41) is 0.723. The molecule has 0 unspecified atom stereocenters. The van der Waals surface area contributed by atoms with E-state index in [1.54, 1.807) is 4.90 Å². The maximum absolute atomic E-state index is 12.3. The summed E-state index contributed by atoms with van der Waals surface area (Å²) in [7, 11) is 0. The Balaban J connectivity index is 1.48. The first-order valence-corrected chi connectivity index (χ1v) is 8.48. The van der Waals surface area contributed by atoms with E-state index in [9.17, 15) is 14.4 Å². The van der Waals surface area contributed by atoms with Gasteiger partial charge < -0.3 is 4.90 Å². The zero-order chi connectivity index (χ0) is 17.1. The van der Waals surface area contributed by atoms with Crippen molar-refractivity contribution in [1.82, 2.24) is 14.7 Å². The molecule has 128 valence electrons. The predicted molar refractivity (Wildman–Crippen MR) is 89.3 cm³/mol. The maximum atomic E-state index is 12.3. The van der Waals surface area contributed by atoms with Gasteiger partial charge in [0.2, 0.25) is 17.7 Å². The summed E-state index contributed by atoms with van der Waals surface area (Å²) in [6, 6.07) is 7.77. The molecule has 2 fully saturated rings. The van der Waals surface area contributed by atoms with Gasteiger partial charge in [-0.2, -0.15) is 0 Å². The largest absolute Gasteiger partial charge is 0.339 e. The second-order valence-corrected chi connectivity index (χ2v) is 6.60. The molecule has 3 rings (SSSR count). The van der Waals surface area contributed by atoms with Gasteiger partial charge in [0.05, 0.1) is 0 Å². The Morgan fingerprint density at radius 3 is 2.33 bits per heavy atom. The highest BCUT2D eigenvalue weighted by atomic mass is 35.5. The van der Waals surface area contributed by atoms with Crippen LogP contribution in [0.5, 0.6) is 0 Å². The first-order chi connectivity index (χ1) is 11.5. The number of carbonyl (C=O) groups excluding carboxylic acids is 3. The molecule has 0 radical (unpaired) electrons. The fraction of sp³-hybridized carbons (Fsp3) is 0.471. The lowest BCUT2D eigenvalue weighted by molar-refractivity contribution is -0.146. The summed E-state index contributed by atoms with van der Waals surface area (Å²) < 4.78 is 0. The summed E-state index contributed by atoms with van der Waals surface area (Å²) >= 11 is 6.00. The summed E-state index contributed by atoms with van der Waals surface area (Å²) in [5.74, 6) is -0.637. The topological polar surface area (TPSA) is 60.9 Å². The zero-order valence-corrected chi connectivity index (χ0v) is 14.2. The van der Waals surface area contributed by atoms with Crippen LogP contribution < -0.4 is 0 Å². The average Bonchev–Trinajstić information content (AvgIpc) is 2.87. The normalized spacial score (nSPS) is 19.2. The van der Waals surface area contributed by atoms with E-state index in [0.29, 0.717) is 13.1 Å². The SMILES string of the molecule is O=C(CN1C(=O)CCC1=O)N1CCN(Cc2cccc(Cl)c2)CC1. The van der Waals surface area contributed by atoms with Gasteiger partial charge in [0.1, 0.15) is 6.54 Å². The average molecular weight is 350 g/mol. The van der Waals surface area contributed by atoms with Crippen molar-refractivity contribution >= 4 is 29.3 Å². The number of likely N-dealkylation sites (tertiary alicyclic amines) is 1. The van der Waals surface area contributed by atoms with Crippen LogP contribution in [0.4, 0.5) is 0 Å². The number of piperazine rings is 1. The summed E-state index contributed by atoms with van der Waals surface area (Å²) in [6.07, 6.45) is 0.444. The molecule has 1 aromatic carbocycles. The van der Waals surface area contributed by atoms with Crippen LogP contribution in [0.1, 0.15) is 18.4 Å². The first-order valence-electron chi connectivity index (χ1n) is 8.11. The molecule has 0 atom stereocenters. The minimum atomic E-state index is -0.243. The molecule has 7 heteroatoms. The van der Waals surface area contributed by atoms with Crippen molar-refractivity contribution in [3.8, 4) is 0 Å². The minimum absolute atomic E-state index is 0.119. The van der Waals surface area contributed by atoms with E-state index in [-0.39, 0.29) is 37.1 Å². The van der Waals surface area contributed by atoms with Crippen molar-refractivity contribution in [2.45, 2.75) is 19.4 Å². The van der Waals surface area contributed by atoms with E-state index in [4.69, 9.17) is 11.6 Å². The highest BCUT2D eigenvalue weighted by Gasteiger charge is 2.32. The minimum Gasteiger partial charge on any atom is -0.339 e. The van der Waals surface area contributed by atoms with Crippen molar-refractivity contribution in [1.29, 1.82) is 0 Å². The van der Waals surface area contributed by atoms with Crippen LogP contribution in [0, 0.1) is 0 Å². The number of nitrogens with zero attached hydrogens (tertiary/aromatic N) is 3. The lowest BCUT2D eigenvalue weighted by Gasteiger charge is -2.35. The lowest BCUT2D eigenvalue weighted by Crippen LogP contribution is -2.51. The second kappa shape index (κ2) is 7.32. The molecule has 0 bridgehead atoms. The van der Waals surface area contributed by atoms with Gasteiger partial charge in [-0.25, -0.2) is 0 Å². The Morgan fingerprint density at radius 1 is 1.04 bits per heavy atom. The van der Waals surface area contributed by atoms with Gasteiger partial charge in [-0.3, -0.25) is 24.2 Å². The van der Waals surface area contributed by atoms with Gasteiger partial charge in [0, 0.05) is 50.6 Å². The molecule has 2 aliphatic heterocycles. The van der Waals surface area contributed by atoms with E-state index in [2.05, 4.69) is 4.90 Å². The Hall–Kier alpha value is -1.92. The van der Waals surface area contributed by atoms with E-state index < -0.39 is 0 Å². The Kier molecular flexibility index (Phi) is 5.16. The number of carbonyl (C=O) groups is 3. The van der Waals surface area contributed by atoms with Gasteiger partial charge in [-0.1, -0.05) is 23.7 Å². The van der Waals surface area contributed by atoms with Gasteiger partial charge >= 0.3 is 0 Å². The molecule has 2 aliphatic rings. The van der Waals surface area contributed by atoms with Crippen molar-refractivity contribution in [3.05, 3.63) is 34.9 Å². The number of amides is 3. The quantitative estimate of drug-likeness (QED) is 0.765. The monoisotopic (exact) mass is 349 g/mol. The van der Waals surface area contributed by atoms with Gasteiger partial charge in [-0.05, 0) is 17.7 Å². The van der Waals surface area contributed by atoms with Gasteiger partial charge in [0.25, 0.3) is 0 Å². The molecule has 0 saturated carbocycles. The van der Waals surface area contributed by atoms with E-state index in [1.165, 1.54) is 0 Å². The van der Waals surface area contributed by atoms with Crippen LogP contribution >= 0.6 is 11.6 Å². The van der Waals surface area contributed by atoms with Crippen LogP contribution in [0.15, 0.2) is 24.3 Å². The van der Waals surface area contributed by atoms with E-state index >= 15 is 0 Å². The smallest absolute Gasteiger partial charge is 0.242 e. The first kappa shape index (κ1) is 16.9. The summed E-state index contributed by atoms with van der Waals surface area (Å²) in [6.45, 7) is 3.42. The Morgan fingerprint density at radius 2 is 1.71 bits per heavy atom. The van der Waals surface area contributed by atoms with Crippen LogP contribution in [0.3, 0.4) is 0 Å². The van der Waals surface area contributed by atoms with Crippen LogP contribution in [0.2, 0.25) is 5.02 Å². The molecule has 2 saturated heterocycles. The molecule has 0 aromatic heterocycles. The molecule has 0 N–H and O–H groups in total. The molecule has 3 amide bonds. The summed E-state index contributed by atoms with van der Waals surface area (Å²) in [4.78, 5) is 40.6. The van der Waals surface area contributed by atoms with E-state index in [1.807, 2.05) is 24.3 Å². The number of benzene rings is 1. The molecule has 1 aromatic rings. The number of hydrogen-bond acceptors (Lipinski definition) is 4. The third-order valence-electron chi connectivity index (χ3n) is 4.47. The Labute approximate surface area is 146 Å². The van der Waals surface area contributed by atoms with Crippen LogP contribution in [-0.2, 0) is 20.9 Å². The number of imide groups is 1. The number of halogens is 1. The van der Waals surface area contributed by atoms with Crippen LogP contribution in [-0.4, -0.2) is 65.1 Å². The lowest BCUT2D eigenvalue weighted by atomic mass is 10.2. The van der Waals surface area contributed by atoms with Crippen LogP contribution in [0.25, 0.3) is 0 Å². The molecule has 6 nitrogen and oxygen atoms in total. The van der Waals surface area contributed by atoms with E-state index in [0.717, 1.165) is 35.1 Å². The molecular formula is C17H20ClN3O3. The molecule has 0 spiro atoms.